The smallest absolute Gasteiger partial charge is 0.394 e. The Balaban J connectivity index is 1.54. The van der Waals surface area contributed by atoms with E-state index in [0.717, 1.165) is 16.5 Å². The van der Waals surface area contributed by atoms with Crippen molar-refractivity contribution in [1.82, 2.24) is 14.8 Å². The lowest BCUT2D eigenvalue weighted by atomic mass is 9.98. The average molecular weight is 523 g/mol. The van der Waals surface area contributed by atoms with E-state index in [9.17, 15) is 36.2 Å². The lowest BCUT2D eigenvalue weighted by molar-refractivity contribution is -0.143. The van der Waals surface area contributed by atoms with Crippen LogP contribution in [0.4, 0.5) is 26.3 Å². The van der Waals surface area contributed by atoms with Crippen LogP contribution in [0.15, 0.2) is 60.4 Å². The number of carbonyl (C=O) groups is 1. The first-order valence-corrected chi connectivity index (χ1v) is 11.7. The summed E-state index contributed by atoms with van der Waals surface area (Å²) in [4.78, 5) is 20.1. The molecule has 0 bridgehead atoms. The normalized spacial score (nSPS) is 20.4. The van der Waals surface area contributed by atoms with Gasteiger partial charge in [0.25, 0.3) is 5.91 Å². The van der Waals surface area contributed by atoms with Gasteiger partial charge in [-0.2, -0.15) is 26.3 Å². The van der Waals surface area contributed by atoms with Crippen LogP contribution in [0, 0.1) is 0 Å². The SMILES string of the molecule is O=C(c1cc(C(F)(F)F)cc(C(F)(F)F)c1)N1CC2=CC[C@H](CO)N2C[C@H]1Cc1c[nH]c2ccccc12. The Morgan fingerprint density at radius 3 is 2.32 bits per heavy atom. The van der Waals surface area contributed by atoms with Gasteiger partial charge in [0, 0.05) is 34.9 Å². The van der Waals surface area contributed by atoms with Gasteiger partial charge in [-0.3, -0.25) is 4.79 Å². The number of alkyl halides is 6. The zero-order valence-corrected chi connectivity index (χ0v) is 19.4. The number of amides is 1. The second-order valence-electron chi connectivity index (χ2n) is 9.36. The molecule has 5 rings (SSSR count). The fourth-order valence-electron chi connectivity index (χ4n) is 5.19. The van der Waals surface area contributed by atoms with Gasteiger partial charge in [-0.25, -0.2) is 0 Å². The number of fused-ring (bicyclic) bond motifs is 2. The minimum atomic E-state index is -5.05. The Kier molecular flexibility index (Phi) is 6.21. The van der Waals surface area contributed by atoms with Crippen molar-refractivity contribution in [2.75, 3.05) is 19.7 Å². The second-order valence-corrected chi connectivity index (χ2v) is 9.36. The molecular formula is C26H23F6N3O2. The number of para-hydroxylation sites is 1. The minimum absolute atomic E-state index is 0.0138. The van der Waals surface area contributed by atoms with Crippen molar-refractivity contribution in [3.8, 4) is 0 Å². The summed E-state index contributed by atoms with van der Waals surface area (Å²) in [5.74, 6) is -0.908. The van der Waals surface area contributed by atoms with E-state index < -0.39 is 41.0 Å². The van der Waals surface area contributed by atoms with Gasteiger partial charge in [-0.05, 0) is 42.7 Å². The molecule has 0 unspecified atom stereocenters. The number of nitrogens with zero attached hydrogens (tertiary/aromatic N) is 2. The van der Waals surface area contributed by atoms with E-state index in [1.807, 2.05) is 35.2 Å². The molecule has 2 N–H and O–H groups in total. The van der Waals surface area contributed by atoms with E-state index in [-0.39, 0.29) is 31.8 Å². The molecule has 1 fully saturated rings. The zero-order valence-electron chi connectivity index (χ0n) is 19.4. The lowest BCUT2D eigenvalue weighted by Gasteiger charge is -2.44. The fraction of sp³-hybridized carbons (Fsp3) is 0.346. The standard InChI is InChI=1S/C26H23F6N3O2/c27-25(28,29)17-7-15(8-18(10-17)26(30,31)32)24(37)35-12-19-5-6-20(14-36)34(19)13-21(35)9-16-11-33-23-4-2-1-3-22(16)23/h1-5,7-8,10-11,20-21,33,36H,6,9,12-14H2/t20-,21-/m1/s1. The van der Waals surface area contributed by atoms with Gasteiger partial charge in [0.05, 0.1) is 36.4 Å². The molecule has 1 amide bonds. The largest absolute Gasteiger partial charge is 0.416 e. The number of rotatable bonds is 4. The Hall–Kier alpha value is -3.47. The number of aromatic amines is 1. The summed E-state index contributed by atoms with van der Waals surface area (Å²) in [6.45, 7) is 0.184. The molecule has 1 saturated heterocycles. The zero-order chi connectivity index (χ0) is 26.5. The quantitative estimate of drug-likeness (QED) is 0.461. The first-order chi connectivity index (χ1) is 17.5. The number of nitrogens with one attached hydrogen (secondary N) is 1. The molecule has 2 atom stereocenters. The Bertz CT molecular complexity index is 1330. The van der Waals surface area contributed by atoms with Gasteiger partial charge >= 0.3 is 12.4 Å². The van der Waals surface area contributed by atoms with Crippen molar-refractivity contribution in [1.29, 1.82) is 0 Å². The Morgan fingerprint density at radius 1 is 1.00 bits per heavy atom. The third-order valence-electron chi connectivity index (χ3n) is 7.05. The van der Waals surface area contributed by atoms with Crippen LogP contribution in [0.5, 0.6) is 0 Å². The maximum absolute atomic E-state index is 13.6. The Labute approximate surface area is 208 Å². The number of carbonyl (C=O) groups excluding carboxylic acids is 1. The van der Waals surface area contributed by atoms with Gasteiger partial charge in [0.15, 0.2) is 0 Å². The van der Waals surface area contributed by atoms with Crippen LogP contribution >= 0.6 is 0 Å². The molecule has 0 saturated carbocycles. The van der Waals surface area contributed by atoms with Crippen LogP contribution < -0.4 is 0 Å². The molecular weight excluding hydrogens is 500 g/mol. The summed E-state index contributed by atoms with van der Waals surface area (Å²) in [7, 11) is 0. The van der Waals surface area contributed by atoms with Crippen molar-refractivity contribution in [2.24, 2.45) is 0 Å². The first-order valence-electron chi connectivity index (χ1n) is 11.7. The molecule has 196 valence electrons. The van der Waals surface area contributed by atoms with Crippen molar-refractivity contribution in [3.63, 3.8) is 0 Å². The molecule has 3 heterocycles. The lowest BCUT2D eigenvalue weighted by Crippen LogP contribution is -2.56. The van der Waals surface area contributed by atoms with E-state index in [1.54, 1.807) is 6.20 Å². The number of hydrogen-bond donors (Lipinski definition) is 2. The number of benzene rings is 2. The maximum atomic E-state index is 13.6. The third kappa shape index (κ3) is 4.79. The minimum Gasteiger partial charge on any atom is -0.394 e. The molecule has 1 aromatic heterocycles. The maximum Gasteiger partial charge on any atom is 0.416 e. The van der Waals surface area contributed by atoms with E-state index >= 15 is 0 Å². The van der Waals surface area contributed by atoms with E-state index in [2.05, 4.69) is 4.98 Å². The van der Waals surface area contributed by atoms with Crippen LogP contribution in [-0.4, -0.2) is 57.6 Å². The molecule has 0 aliphatic carbocycles. The van der Waals surface area contributed by atoms with Crippen LogP contribution in [-0.2, 0) is 18.8 Å². The third-order valence-corrected chi connectivity index (χ3v) is 7.05. The molecule has 2 aliphatic heterocycles. The highest BCUT2D eigenvalue weighted by Crippen LogP contribution is 2.38. The van der Waals surface area contributed by atoms with Crippen LogP contribution in [0.2, 0.25) is 0 Å². The van der Waals surface area contributed by atoms with Gasteiger partial charge in [-0.1, -0.05) is 24.3 Å². The van der Waals surface area contributed by atoms with Gasteiger partial charge in [0.2, 0.25) is 0 Å². The van der Waals surface area contributed by atoms with E-state index in [0.29, 0.717) is 30.7 Å². The summed E-state index contributed by atoms with van der Waals surface area (Å²) in [5, 5.41) is 10.7. The molecule has 2 aliphatic rings. The van der Waals surface area contributed by atoms with Crippen molar-refractivity contribution < 1.29 is 36.2 Å². The number of piperazine rings is 1. The number of halogens is 6. The van der Waals surface area contributed by atoms with Gasteiger partial charge < -0.3 is 19.9 Å². The monoisotopic (exact) mass is 523 g/mol. The molecule has 37 heavy (non-hydrogen) atoms. The van der Waals surface area contributed by atoms with Crippen molar-refractivity contribution >= 4 is 16.8 Å². The highest BCUT2D eigenvalue weighted by molar-refractivity contribution is 5.95. The highest BCUT2D eigenvalue weighted by Gasteiger charge is 2.41. The fourth-order valence-corrected chi connectivity index (χ4v) is 5.19. The average Bonchev–Trinajstić information content (AvgIpc) is 3.45. The van der Waals surface area contributed by atoms with E-state index in [1.165, 1.54) is 4.90 Å². The van der Waals surface area contributed by atoms with Crippen molar-refractivity contribution in [2.45, 2.75) is 37.3 Å². The number of aliphatic hydroxyl groups is 1. The number of aliphatic hydroxyl groups excluding tert-OH is 1. The van der Waals surface area contributed by atoms with Crippen LogP contribution in [0.25, 0.3) is 10.9 Å². The topological polar surface area (TPSA) is 59.6 Å². The summed E-state index contributed by atoms with van der Waals surface area (Å²) < 4.78 is 80.7. The molecule has 0 spiro atoms. The predicted octanol–water partition coefficient (Wildman–Crippen LogP) is 5.22. The summed E-state index contributed by atoms with van der Waals surface area (Å²) in [6, 6.07) is 7.72. The van der Waals surface area contributed by atoms with Crippen LogP contribution in [0.1, 0.15) is 33.5 Å². The molecule has 3 aromatic rings. The molecule has 11 heteroatoms. The van der Waals surface area contributed by atoms with Gasteiger partial charge in [-0.15, -0.1) is 0 Å². The molecule has 5 nitrogen and oxygen atoms in total. The summed E-state index contributed by atoms with van der Waals surface area (Å²) in [5.41, 5.74) is -1.28. The van der Waals surface area contributed by atoms with Crippen molar-refractivity contribution in [3.05, 3.63) is 82.7 Å². The highest BCUT2D eigenvalue weighted by atomic mass is 19.4. The van der Waals surface area contributed by atoms with E-state index in [4.69, 9.17) is 0 Å². The number of aromatic nitrogens is 1. The van der Waals surface area contributed by atoms with Gasteiger partial charge in [0.1, 0.15) is 0 Å². The molecule has 0 radical (unpaired) electrons. The second kappa shape index (κ2) is 9.13. The number of H-pyrrole nitrogens is 1. The summed E-state index contributed by atoms with van der Waals surface area (Å²) >= 11 is 0. The predicted molar refractivity (Wildman–Crippen MR) is 124 cm³/mol. The van der Waals surface area contributed by atoms with Crippen LogP contribution in [0.3, 0.4) is 0 Å². The number of hydrogen-bond acceptors (Lipinski definition) is 3. The Morgan fingerprint density at radius 2 is 1.68 bits per heavy atom. The molecule has 2 aromatic carbocycles. The summed E-state index contributed by atoms with van der Waals surface area (Å²) in [6.07, 6.45) is -5.62. The first kappa shape index (κ1) is 25.2.